The summed E-state index contributed by atoms with van der Waals surface area (Å²) in [4.78, 5) is 26.5. The number of nitrogens with zero attached hydrogens (tertiary/aromatic N) is 5. The molecular formula is C12H13BrN6O2. The summed E-state index contributed by atoms with van der Waals surface area (Å²) in [6.45, 7) is 2.33. The van der Waals surface area contributed by atoms with Gasteiger partial charge in [-0.2, -0.15) is 4.98 Å². The monoisotopic (exact) mass is 352 g/mol. The Kier molecular flexibility index (Phi) is 3.82. The molecule has 8 nitrogen and oxygen atoms in total. The summed E-state index contributed by atoms with van der Waals surface area (Å²) in [6, 6.07) is -0.324. The minimum atomic E-state index is -0.285. The minimum Gasteiger partial charge on any atom is -0.315 e. The molecule has 3 rings (SSSR count). The predicted molar refractivity (Wildman–Crippen MR) is 76.5 cm³/mol. The van der Waals surface area contributed by atoms with Crippen molar-refractivity contribution in [3.63, 3.8) is 0 Å². The molecule has 1 atom stereocenters. The fraction of sp³-hybridized carbons (Fsp3) is 0.417. The van der Waals surface area contributed by atoms with E-state index in [4.69, 9.17) is 4.52 Å². The quantitative estimate of drug-likeness (QED) is 0.890. The van der Waals surface area contributed by atoms with Gasteiger partial charge in [0.2, 0.25) is 0 Å². The van der Waals surface area contributed by atoms with Gasteiger partial charge >= 0.3 is 12.0 Å². The fourth-order valence-electron chi connectivity index (χ4n) is 2.28. The molecule has 1 aliphatic rings. The zero-order chi connectivity index (χ0) is 14.8. The van der Waals surface area contributed by atoms with Gasteiger partial charge in [0, 0.05) is 18.9 Å². The van der Waals surface area contributed by atoms with E-state index in [2.05, 4.69) is 41.4 Å². The van der Waals surface area contributed by atoms with Crippen LogP contribution >= 0.6 is 15.9 Å². The van der Waals surface area contributed by atoms with Crippen molar-refractivity contribution in [2.24, 2.45) is 0 Å². The zero-order valence-corrected chi connectivity index (χ0v) is 12.9. The van der Waals surface area contributed by atoms with Crippen molar-refractivity contribution in [2.75, 3.05) is 11.9 Å². The van der Waals surface area contributed by atoms with E-state index in [1.54, 1.807) is 24.2 Å². The Balaban J connectivity index is 1.74. The number of likely N-dealkylation sites (tertiary alicyclic amines) is 1. The highest BCUT2D eigenvalue weighted by molar-refractivity contribution is 9.10. The second-order valence-electron chi connectivity index (χ2n) is 4.69. The number of halogens is 1. The van der Waals surface area contributed by atoms with Crippen LogP contribution < -0.4 is 5.32 Å². The molecule has 2 aromatic rings. The van der Waals surface area contributed by atoms with Crippen LogP contribution in [0.5, 0.6) is 0 Å². The van der Waals surface area contributed by atoms with E-state index in [1.165, 1.54) is 0 Å². The number of aryl methyl sites for hydroxylation is 1. The standard InChI is InChI=1S/C12H13BrN6O2/c1-7-16-11(21-18-7)17-12(20)19-4-2-3-9(19)10-14-5-8(13)6-15-10/h5-6,9H,2-4H2,1H3,(H,16,17,18,20). The maximum Gasteiger partial charge on any atom is 0.329 e. The largest absolute Gasteiger partial charge is 0.329 e. The Morgan fingerprint density at radius 2 is 2.24 bits per heavy atom. The smallest absolute Gasteiger partial charge is 0.315 e. The molecule has 0 bridgehead atoms. The summed E-state index contributed by atoms with van der Waals surface area (Å²) >= 11 is 3.30. The Bertz CT molecular complexity index is 643. The Labute approximate surface area is 129 Å². The number of rotatable bonds is 2. The van der Waals surface area contributed by atoms with Crippen molar-refractivity contribution in [2.45, 2.75) is 25.8 Å². The molecule has 2 aromatic heterocycles. The van der Waals surface area contributed by atoms with Gasteiger partial charge in [-0.05, 0) is 35.7 Å². The highest BCUT2D eigenvalue weighted by Crippen LogP contribution is 2.30. The van der Waals surface area contributed by atoms with Gasteiger partial charge in [-0.25, -0.2) is 14.8 Å². The summed E-state index contributed by atoms with van der Waals surface area (Å²) in [7, 11) is 0. The van der Waals surface area contributed by atoms with Crippen LogP contribution in [0.1, 0.15) is 30.5 Å². The van der Waals surface area contributed by atoms with Crippen LogP contribution in [-0.2, 0) is 0 Å². The van der Waals surface area contributed by atoms with Gasteiger partial charge in [0.15, 0.2) is 11.6 Å². The molecule has 2 amide bonds. The number of urea groups is 1. The van der Waals surface area contributed by atoms with Crippen LogP contribution in [0.15, 0.2) is 21.4 Å². The topological polar surface area (TPSA) is 97.0 Å². The molecule has 110 valence electrons. The highest BCUT2D eigenvalue weighted by Gasteiger charge is 2.32. The summed E-state index contributed by atoms with van der Waals surface area (Å²) in [5.74, 6) is 1.10. The van der Waals surface area contributed by atoms with Gasteiger partial charge in [0.1, 0.15) is 0 Å². The van der Waals surface area contributed by atoms with E-state index < -0.39 is 0 Å². The number of aromatic nitrogens is 4. The van der Waals surface area contributed by atoms with E-state index in [0.29, 0.717) is 18.2 Å². The zero-order valence-electron chi connectivity index (χ0n) is 11.3. The Hall–Kier alpha value is -2.03. The summed E-state index contributed by atoms with van der Waals surface area (Å²) in [5.41, 5.74) is 0. The Morgan fingerprint density at radius 1 is 1.48 bits per heavy atom. The van der Waals surface area contributed by atoms with Gasteiger partial charge < -0.3 is 9.42 Å². The lowest BCUT2D eigenvalue weighted by Crippen LogP contribution is -2.35. The van der Waals surface area contributed by atoms with E-state index in [9.17, 15) is 4.79 Å². The summed E-state index contributed by atoms with van der Waals surface area (Å²) in [5, 5.41) is 6.23. The minimum absolute atomic E-state index is 0.0971. The van der Waals surface area contributed by atoms with Gasteiger partial charge in [-0.3, -0.25) is 5.32 Å². The summed E-state index contributed by atoms with van der Waals surface area (Å²) < 4.78 is 5.70. The van der Waals surface area contributed by atoms with E-state index in [-0.39, 0.29) is 18.1 Å². The van der Waals surface area contributed by atoms with Crippen molar-refractivity contribution < 1.29 is 9.32 Å². The van der Waals surface area contributed by atoms with Crippen LogP contribution in [0.4, 0.5) is 10.8 Å². The number of hydrogen-bond donors (Lipinski definition) is 1. The molecule has 1 aliphatic heterocycles. The van der Waals surface area contributed by atoms with Crippen molar-refractivity contribution in [1.29, 1.82) is 0 Å². The van der Waals surface area contributed by atoms with E-state index in [1.807, 2.05) is 0 Å². The third kappa shape index (κ3) is 3.02. The molecule has 0 aliphatic carbocycles. The van der Waals surface area contributed by atoms with Crippen LogP contribution in [0.25, 0.3) is 0 Å². The summed E-state index contributed by atoms with van der Waals surface area (Å²) in [6.07, 6.45) is 5.09. The molecule has 3 heterocycles. The molecule has 1 fully saturated rings. The number of nitrogens with one attached hydrogen (secondary N) is 1. The number of hydrogen-bond acceptors (Lipinski definition) is 6. The molecule has 0 radical (unpaired) electrons. The second-order valence-corrected chi connectivity index (χ2v) is 5.60. The van der Waals surface area contributed by atoms with Crippen LogP contribution in [0.2, 0.25) is 0 Å². The van der Waals surface area contributed by atoms with Gasteiger partial charge in [-0.1, -0.05) is 5.16 Å². The highest BCUT2D eigenvalue weighted by atomic mass is 79.9. The van der Waals surface area contributed by atoms with Crippen molar-refractivity contribution in [1.82, 2.24) is 25.0 Å². The third-order valence-electron chi connectivity index (χ3n) is 3.19. The molecular weight excluding hydrogens is 340 g/mol. The normalized spacial score (nSPS) is 18.0. The van der Waals surface area contributed by atoms with Gasteiger partial charge in [0.05, 0.1) is 10.5 Å². The lowest BCUT2D eigenvalue weighted by molar-refractivity contribution is 0.204. The molecule has 0 saturated carbocycles. The lowest BCUT2D eigenvalue weighted by Gasteiger charge is -2.22. The molecule has 0 spiro atoms. The average molecular weight is 353 g/mol. The second kappa shape index (κ2) is 5.76. The molecule has 0 aromatic carbocycles. The predicted octanol–water partition coefficient (Wildman–Crippen LogP) is 2.30. The maximum atomic E-state index is 12.3. The van der Waals surface area contributed by atoms with Gasteiger partial charge in [0.25, 0.3) is 0 Å². The Morgan fingerprint density at radius 3 is 2.90 bits per heavy atom. The van der Waals surface area contributed by atoms with Gasteiger partial charge in [-0.15, -0.1) is 0 Å². The first kappa shape index (κ1) is 13.9. The molecule has 1 unspecified atom stereocenters. The van der Waals surface area contributed by atoms with Crippen LogP contribution in [-0.4, -0.2) is 37.6 Å². The first-order chi connectivity index (χ1) is 10.1. The SMILES string of the molecule is Cc1noc(NC(=O)N2CCCC2c2ncc(Br)cn2)n1. The van der Waals surface area contributed by atoms with Crippen molar-refractivity contribution in [3.8, 4) is 0 Å². The van der Waals surface area contributed by atoms with Crippen molar-refractivity contribution in [3.05, 3.63) is 28.5 Å². The molecule has 1 N–H and O–H groups in total. The van der Waals surface area contributed by atoms with Crippen molar-refractivity contribution >= 4 is 28.0 Å². The molecule has 21 heavy (non-hydrogen) atoms. The molecule has 9 heteroatoms. The fourth-order valence-corrected chi connectivity index (χ4v) is 2.49. The third-order valence-corrected chi connectivity index (χ3v) is 3.60. The molecule has 1 saturated heterocycles. The van der Waals surface area contributed by atoms with Crippen LogP contribution in [0, 0.1) is 6.92 Å². The average Bonchev–Trinajstić information content (AvgIpc) is 3.09. The lowest BCUT2D eigenvalue weighted by atomic mass is 10.2. The number of anilines is 1. The number of amides is 2. The van der Waals surface area contributed by atoms with E-state index >= 15 is 0 Å². The number of carbonyl (C=O) groups is 1. The van der Waals surface area contributed by atoms with Crippen LogP contribution in [0.3, 0.4) is 0 Å². The van der Waals surface area contributed by atoms with E-state index in [0.717, 1.165) is 17.3 Å². The first-order valence-corrected chi connectivity index (χ1v) is 7.28. The number of carbonyl (C=O) groups excluding carboxylic acids is 1. The maximum absolute atomic E-state index is 12.3. The first-order valence-electron chi connectivity index (χ1n) is 6.49.